The fourth-order valence-electron chi connectivity index (χ4n) is 1.41. The summed E-state index contributed by atoms with van der Waals surface area (Å²) in [5, 5.41) is 0. The maximum absolute atomic E-state index is 11.5. The highest BCUT2D eigenvalue weighted by molar-refractivity contribution is 5.81. The van der Waals surface area contributed by atoms with Gasteiger partial charge in [-0.3, -0.25) is 4.79 Å². The fourth-order valence-corrected chi connectivity index (χ4v) is 1.41. The van der Waals surface area contributed by atoms with Crippen molar-refractivity contribution in [2.45, 2.75) is 12.8 Å². The fraction of sp³-hybridized carbons (Fsp3) is 0.900. The van der Waals surface area contributed by atoms with Gasteiger partial charge in [0, 0.05) is 26.1 Å². The van der Waals surface area contributed by atoms with Crippen molar-refractivity contribution in [3.8, 4) is 0 Å². The topological polar surface area (TPSA) is 44.8 Å². The molecule has 0 aliphatic carbocycles. The Hall–Kier alpha value is -0.450. The van der Waals surface area contributed by atoms with Gasteiger partial charge in [-0.2, -0.15) is 0 Å². The van der Waals surface area contributed by atoms with E-state index in [1.165, 1.54) is 0 Å². The lowest BCUT2D eigenvalue weighted by atomic mass is 10.0. The molecule has 0 bridgehead atoms. The second-order valence-corrected chi connectivity index (χ2v) is 3.38. The SMILES string of the molecule is COCCOCCC(=O)C1CCOC1. The van der Waals surface area contributed by atoms with E-state index in [0.717, 1.165) is 13.0 Å². The van der Waals surface area contributed by atoms with Crippen LogP contribution in [0.3, 0.4) is 0 Å². The lowest BCUT2D eigenvalue weighted by molar-refractivity contribution is -0.124. The first-order chi connectivity index (χ1) is 6.84. The molecule has 82 valence electrons. The van der Waals surface area contributed by atoms with Gasteiger partial charge in [0.25, 0.3) is 0 Å². The molecule has 0 aromatic carbocycles. The molecule has 1 saturated heterocycles. The van der Waals surface area contributed by atoms with Crippen LogP contribution >= 0.6 is 0 Å². The summed E-state index contributed by atoms with van der Waals surface area (Å²) < 4.78 is 15.2. The molecule has 0 N–H and O–H groups in total. The molecular formula is C10H18O4. The van der Waals surface area contributed by atoms with Crippen molar-refractivity contribution in [3.63, 3.8) is 0 Å². The van der Waals surface area contributed by atoms with E-state index in [4.69, 9.17) is 14.2 Å². The van der Waals surface area contributed by atoms with Crippen LogP contribution in [0.25, 0.3) is 0 Å². The van der Waals surface area contributed by atoms with Crippen molar-refractivity contribution in [2.24, 2.45) is 5.92 Å². The summed E-state index contributed by atoms with van der Waals surface area (Å²) in [4.78, 5) is 11.5. The van der Waals surface area contributed by atoms with Gasteiger partial charge in [-0.1, -0.05) is 0 Å². The third-order valence-corrected chi connectivity index (χ3v) is 2.31. The molecule has 0 amide bonds. The highest BCUT2D eigenvalue weighted by Crippen LogP contribution is 2.14. The van der Waals surface area contributed by atoms with Crippen molar-refractivity contribution in [1.82, 2.24) is 0 Å². The predicted octanol–water partition coefficient (Wildman–Crippen LogP) is 0.645. The predicted molar refractivity (Wildman–Crippen MR) is 51.2 cm³/mol. The Balaban J connectivity index is 1.97. The molecule has 0 aromatic heterocycles. The first-order valence-electron chi connectivity index (χ1n) is 5.01. The third kappa shape index (κ3) is 4.17. The van der Waals surface area contributed by atoms with Crippen molar-refractivity contribution in [2.75, 3.05) is 40.1 Å². The number of ether oxygens (including phenoxy) is 3. The molecule has 1 aliphatic rings. The molecule has 1 rings (SSSR count). The monoisotopic (exact) mass is 202 g/mol. The summed E-state index contributed by atoms with van der Waals surface area (Å²) in [5.74, 6) is 0.376. The number of methoxy groups -OCH3 is 1. The van der Waals surface area contributed by atoms with Gasteiger partial charge >= 0.3 is 0 Å². The van der Waals surface area contributed by atoms with Crippen LogP contribution in [-0.2, 0) is 19.0 Å². The van der Waals surface area contributed by atoms with Gasteiger partial charge in [0.1, 0.15) is 5.78 Å². The summed E-state index contributed by atoms with van der Waals surface area (Å²) in [7, 11) is 1.63. The van der Waals surface area contributed by atoms with Crippen LogP contribution in [0, 0.1) is 5.92 Å². The molecule has 4 nitrogen and oxygen atoms in total. The molecule has 0 aromatic rings. The zero-order valence-electron chi connectivity index (χ0n) is 8.66. The molecule has 0 radical (unpaired) electrons. The normalized spacial score (nSPS) is 21.4. The van der Waals surface area contributed by atoms with Crippen LogP contribution in [0.4, 0.5) is 0 Å². The van der Waals surface area contributed by atoms with Crippen molar-refractivity contribution in [1.29, 1.82) is 0 Å². The van der Waals surface area contributed by atoms with Crippen LogP contribution in [0.2, 0.25) is 0 Å². The zero-order chi connectivity index (χ0) is 10.2. The van der Waals surface area contributed by atoms with Crippen LogP contribution in [0.1, 0.15) is 12.8 Å². The number of carbonyl (C=O) groups is 1. The van der Waals surface area contributed by atoms with E-state index in [-0.39, 0.29) is 11.7 Å². The number of hydrogen-bond donors (Lipinski definition) is 0. The molecule has 1 aliphatic heterocycles. The van der Waals surface area contributed by atoms with Crippen molar-refractivity contribution < 1.29 is 19.0 Å². The minimum Gasteiger partial charge on any atom is -0.382 e. The summed E-state index contributed by atoms with van der Waals surface area (Å²) in [6.07, 6.45) is 1.37. The maximum atomic E-state index is 11.5. The Bertz CT molecular complexity index is 164. The van der Waals surface area contributed by atoms with E-state index in [1.807, 2.05) is 0 Å². The zero-order valence-corrected chi connectivity index (χ0v) is 8.66. The van der Waals surface area contributed by atoms with Gasteiger partial charge < -0.3 is 14.2 Å². The number of carbonyl (C=O) groups excluding carboxylic acids is 1. The maximum Gasteiger partial charge on any atom is 0.140 e. The van der Waals surface area contributed by atoms with Crippen LogP contribution in [0.15, 0.2) is 0 Å². The lowest BCUT2D eigenvalue weighted by Crippen LogP contribution is -2.17. The minimum absolute atomic E-state index is 0.112. The quantitative estimate of drug-likeness (QED) is 0.568. The van der Waals surface area contributed by atoms with Gasteiger partial charge in [-0.05, 0) is 6.42 Å². The first-order valence-corrected chi connectivity index (χ1v) is 5.01. The van der Waals surface area contributed by atoms with Crippen LogP contribution in [-0.4, -0.2) is 45.9 Å². The second-order valence-electron chi connectivity index (χ2n) is 3.38. The number of Topliss-reactive ketones (excluding diaryl/α,β-unsaturated/α-hetero) is 1. The van der Waals surface area contributed by atoms with E-state index < -0.39 is 0 Å². The Labute approximate surface area is 84.5 Å². The molecule has 14 heavy (non-hydrogen) atoms. The molecule has 4 heteroatoms. The number of ketones is 1. The second kappa shape index (κ2) is 6.92. The van der Waals surface area contributed by atoms with E-state index in [1.54, 1.807) is 7.11 Å². The highest BCUT2D eigenvalue weighted by atomic mass is 16.5. The van der Waals surface area contributed by atoms with Crippen molar-refractivity contribution in [3.05, 3.63) is 0 Å². The third-order valence-electron chi connectivity index (χ3n) is 2.31. The molecule has 0 spiro atoms. The van der Waals surface area contributed by atoms with E-state index >= 15 is 0 Å². The summed E-state index contributed by atoms with van der Waals surface area (Å²) in [5.41, 5.74) is 0. The van der Waals surface area contributed by atoms with Gasteiger partial charge in [0.2, 0.25) is 0 Å². The Morgan fingerprint density at radius 2 is 2.29 bits per heavy atom. The molecule has 1 heterocycles. The van der Waals surface area contributed by atoms with Crippen LogP contribution in [0.5, 0.6) is 0 Å². The van der Waals surface area contributed by atoms with Crippen LogP contribution < -0.4 is 0 Å². The molecule has 1 atom stereocenters. The molecule has 0 saturated carbocycles. The number of hydrogen-bond acceptors (Lipinski definition) is 4. The molecule has 1 fully saturated rings. The Morgan fingerprint density at radius 1 is 1.43 bits per heavy atom. The van der Waals surface area contributed by atoms with Gasteiger partial charge in [-0.15, -0.1) is 0 Å². The average Bonchev–Trinajstić information content (AvgIpc) is 2.70. The van der Waals surface area contributed by atoms with E-state index in [9.17, 15) is 4.79 Å². The standard InChI is InChI=1S/C10H18O4/c1-12-6-7-13-5-3-10(11)9-2-4-14-8-9/h9H,2-8H2,1H3. The Morgan fingerprint density at radius 3 is 2.93 bits per heavy atom. The van der Waals surface area contributed by atoms with Gasteiger partial charge in [0.15, 0.2) is 0 Å². The van der Waals surface area contributed by atoms with Gasteiger partial charge in [-0.25, -0.2) is 0 Å². The summed E-state index contributed by atoms with van der Waals surface area (Å²) in [6, 6.07) is 0. The van der Waals surface area contributed by atoms with Crippen molar-refractivity contribution >= 4 is 5.78 Å². The molecular weight excluding hydrogens is 184 g/mol. The average molecular weight is 202 g/mol. The first kappa shape index (κ1) is 11.6. The smallest absolute Gasteiger partial charge is 0.140 e. The lowest BCUT2D eigenvalue weighted by Gasteiger charge is -2.06. The number of rotatable bonds is 7. The summed E-state index contributed by atoms with van der Waals surface area (Å²) >= 11 is 0. The molecule has 1 unspecified atom stereocenters. The van der Waals surface area contributed by atoms with E-state index in [2.05, 4.69) is 0 Å². The van der Waals surface area contributed by atoms with Gasteiger partial charge in [0.05, 0.1) is 26.4 Å². The largest absolute Gasteiger partial charge is 0.382 e. The minimum atomic E-state index is 0.112. The van der Waals surface area contributed by atoms with E-state index in [0.29, 0.717) is 32.8 Å². The Kier molecular flexibility index (Phi) is 5.75. The summed E-state index contributed by atoms with van der Waals surface area (Å²) in [6.45, 7) is 2.96. The highest BCUT2D eigenvalue weighted by Gasteiger charge is 2.22.